The molecule has 1 N–H and O–H groups in total. The Hall–Kier alpha value is -1.54. The van der Waals surface area contributed by atoms with E-state index in [1.807, 2.05) is 0 Å². The lowest BCUT2D eigenvalue weighted by atomic mass is 10.0. The summed E-state index contributed by atoms with van der Waals surface area (Å²) in [5.74, 6) is 0. The number of nitrogens with one attached hydrogen (secondary N) is 1. The Labute approximate surface area is 116 Å². The minimum atomic E-state index is 0.380. The third-order valence-corrected chi connectivity index (χ3v) is 3.68. The molecule has 0 aliphatic carbocycles. The summed E-state index contributed by atoms with van der Waals surface area (Å²) in [7, 11) is 0. The molecule has 1 unspecified atom stereocenters. The van der Waals surface area contributed by atoms with E-state index in [1.54, 1.807) is 0 Å². The average molecular weight is 256 g/mol. The molecule has 0 bridgehead atoms. The van der Waals surface area contributed by atoms with Gasteiger partial charge in [0.2, 0.25) is 0 Å². The molecule has 0 amide bonds. The predicted octanol–water partition coefficient (Wildman–Crippen LogP) is 3.98. The van der Waals surface area contributed by atoms with E-state index in [0.717, 1.165) is 13.1 Å². The molecule has 0 radical (unpaired) electrons. The number of aromatic nitrogens is 1. The van der Waals surface area contributed by atoms with Gasteiger partial charge in [-0.3, -0.25) is 0 Å². The molecule has 102 valence electrons. The summed E-state index contributed by atoms with van der Waals surface area (Å²) < 4.78 is 2.21. The highest BCUT2D eigenvalue weighted by atomic mass is 14.9. The first-order valence-electron chi connectivity index (χ1n) is 7.05. The Morgan fingerprint density at radius 2 is 2.00 bits per heavy atom. The van der Waals surface area contributed by atoms with Gasteiger partial charge in [0, 0.05) is 31.5 Å². The minimum Gasteiger partial charge on any atom is -0.354 e. The van der Waals surface area contributed by atoms with E-state index in [1.165, 1.54) is 22.3 Å². The van der Waals surface area contributed by atoms with Crippen molar-refractivity contribution in [2.24, 2.45) is 0 Å². The van der Waals surface area contributed by atoms with Crippen molar-refractivity contribution in [3.63, 3.8) is 0 Å². The number of rotatable bonds is 5. The molecular formula is C17H24N2. The standard InChI is InChI=1S/C17H24N2/c1-5-19-9-8-16(12-19)11-18-15(4)17-7-6-13(2)10-14(17)3/h6-10,12,15,18H,5,11H2,1-4H3. The molecular weight excluding hydrogens is 232 g/mol. The summed E-state index contributed by atoms with van der Waals surface area (Å²) in [6.45, 7) is 10.7. The fraction of sp³-hybridized carbons (Fsp3) is 0.412. The third-order valence-electron chi connectivity index (χ3n) is 3.68. The Balaban J connectivity index is 1.98. The largest absolute Gasteiger partial charge is 0.354 e. The molecule has 0 fully saturated rings. The maximum Gasteiger partial charge on any atom is 0.0297 e. The highest BCUT2D eigenvalue weighted by molar-refractivity contribution is 5.32. The third kappa shape index (κ3) is 3.48. The Bertz CT molecular complexity index is 540. The molecule has 1 aromatic carbocycles. The lowest BCUT2D eigenvalue weighted by Crippen LogP contribution is -2.18. The molecule has 0 saturated heterocycles. The molecule has 1 heterocycles. The molecule has 0 aliphatic rings. The fourth-order valence-electron chi connectivity index (χ4n) is 2.48. The first kappa shape index (κ1) is 13.9. The van der Waals surface area contributed by atoms with Gasteiger partial charge in [0.15, 0.2) is 0 Å². The second-order valence-corrected chi connectivity index (χ2v) is 5.31. The zero-order chi connectivity index (χ0) is 13.8. The van der Waals surface area contributed by atoms with Crippen LogP contribution in [0.5, 0.6) is 0 Å². The van der Waals surface area contributed by atoms with Gasteiger partial charge in [-0.25, -0.2) is 0 Å². The number of aryl methyl sites for hydroxylation is 3. The molecule has 0 aliphatic heterocycles. The highest BCUT2D eigenvalue weighted by Crippen LogP contribution is 2.19. The van der Waals surface area contributed by atoms with Gasteiger partial charge >= 0.3 is 0 Å². The van der Waals surface area contributed by atoms with Gasteiger partial charge in [-0.2, -0.15) is 0 Å². The Morgan fingerprint density at radius 3 is 2.63 bits per heavy atom. The van der Waals surface area contributed by atoms with Crippen LogP contribution in [0.4, 0.5) is 0 Å². The average Bonchev–Trinajstić information content (AvgIpc) is 2.84. The van der Waals surface area contributed by atoms with Crippen molar-refractivity contribution < 1.29 is 0 Å². The van der Waals surface area contributed by atoms with Crippen LogP contribution >= 0.6 is 0 Å². The molecule has 1 atom stereocenters. The van der Waals surface area contributed by atoms with Crippen LogP contribution in [0.3, 0.4) is 0 Å². The van der Waals surface area contributed by atoms with Gasteiger partial charge in [-0.05, 0) is 50.5 Å². The SMILES string of the molecule is CCn1ccc(CNC(C)c2ccc(C)cc2C)c1. The number of hydrogen-bond donors (Lipinski definition) is 1. The van der Waals surface area contributed by atoms with Crippen LogP contribution in [0.2, 0.25) is 0 Å². The summed E-state index contributed by atoms with van der Waals surface area (Å²) in [5.41, 5.74) is 5.43. The maximum absolute atomic E-state index is 3.60. The van der Waals surface area contributed by atoms with Crippen molar-refractivity contribution in [1.29, 1.82) is 0 Å². The minimum absolute atomic E-state index is 0.380. The van der Waals surface area contributed by atoms with E-state index >= 15 is 0 Å². The fourth-order valence-corrected chi connectivity index (χ4v) is 2.48. The Kier molecular flexibility index (Phi) is 4.43. The van der Waals surface area contributed by atoms with Crippen molar-refractivity contribution in [3.05, 3.63) is 58.9 Å². The van der Waals surface area contributed by atoms with Gasteiger partial charge in [0.05, 0.1) is 0 Å². The van der Waals surface area contributed by atoms with Crippen LogP contribution in [0.25, 0.3) is 0 Å². The summed E-state index contributed by atoms with van der Waals surface area (Å²) in [6.07, 6.45) is 4.35. The first-order chi connectivity index (χ1) is 9.10. The molecule has 1 aromatic heterocycles. The number of benzene rings is 1. The van der Waals surface area contributed by atoms with Crippen molar-refractivity contribution in [2.45, 2.75) is 46.8 Å². The predicted molar refractivity (Wildman–Crippen MR) is 81.3 cm³/mol. The van der Waals surface area contributed by atoms with Gasteiger partial charge in [0.1, 0.15) is 0 Å². The van der Waals surface area contributed by atoms with Crippen LogP contribution in [0, 0.1) is 13.8 Å². The van der Waals surface area contributed by atoms with E-state index in [4.69, 9.17) is 0 Å². The second kappa shape index (κ2) is 6.07. The molecule has 0 spiro atoms. The Morgan fingerprint density at radius 1 is 1.21 bits per heavy atom. The van der Waals surface area contributed by atoms with E-state index in [9.17, 15) is 0 Å². The van der Waals surface area contributed by atoms with Crippen LogP contribution in [0.15, 0.2) is 36.7 Å². The maximum atomic E-state index is 3.60. The summed E-state index contributed by atoms with van der Waals surface area (Å²) in [6, 6.07) is 9.24. The first-order valence-corrected chi connectivity index (χ1v) is 7.05. The van der Waals surface area contributed by atoms with Crippen LogP contribution < -0.4 is 5.32 Å². The molecule has 2 aromatic rings. The second-order valence-electron chi connectivity index (χ2n) is 5.31. The van der Waals surface area contributed by atoms with Crippen LogP contribution in [-0.2, 0) is 13.1 Å². The van der Waals surface area contributed by atoms with Gasteiger partial charge < -0.3 is 9.88 Å². The lowest BCUT2D eigenvalue weighted by molar-refractivity contribution is 0.571. The highest BCUT2D eigenvalue weighted by Gasteiger charge is 2.08. The van der Waals surface area contributed by atoms with Crippen molar-refractivity contribution in [2.75, 3.05) is 0 Å². The van der Waals surface area contributed by atoms with E-state index in [0.29, 0.717) is 6.04 Å². The van der Waals surface area contributed by atoms with E-state index in [-0.39, 0.29) is 0 Å². The summed E-state index contributed by atoms with van der Waals surface area (Å²) in [4.78, 5) is 0. The molecule has 2 rings (SSSR count). The van der Waals surface area contributed by atoms with Crippen molar-refractivity contribution >= 4 is 0 Å². The smallest absolute Gasteiger partial charge is 0.0297 e. The van der Waals surface area contributed by atoms with Gasteiger partial charge in [0.25, 0.3) is 0 Å². The zero-order valence-corrected chi connectivity index (χ0v) is 12.4. The van der Waals surface area contributed by atoms with E-state index in [2.05, 4.69) is 74.2 Å². The lowest BCUT2D eigenvalue weighted by Gasteiger charge is -2.16. The monoisotopic (exact) mass is 256 g/mol. The van der Waals surface area contributed by atoms with Crippen LogP contribution in [0.1, 0.15) is 42.1 Å². The number of hydrogen-bond acceptors (Lipinski definition) is 1. The normalized spacial score (nSPS) is 12.6. The zero-order valence-electron chi connectivity index (χ0n) is 12.4. The molecule has 2 heteroatoms. The molecule has 2 nitrogen and oxygen atoms in total. The summed E-state index contributed by atoms with van der Waals surface area (Å²) in [5, 5.41) is 3.60. The van der Waals surface area contributed by atoms with Crippen molar-refractivity contribution in [3.8, 4) is 0 Å². The number of nitrogens with zero attached hydrogens (tertiary/aromatic N) is 1. The van der Waals surface area contributed by atoms with Gasteiger partial charge in [-0.1, -0.05) is 23.8 Å². The topological polar surface area (TPSA) is 17.0 Å². The van der Waals surface area contributed by atoms with Crippen LogP contribution in [-0.4, -0.2) is 4.57 Å². The molecule has 0 saturated carbocycles. The van der Waals surface area contributed by atoms with Crippen molar-refractivity contribution in [1.82, 2.24) is 9.88 Å². The summed E-state index contributed by atoms with van der Waals surface area (Å²) >= 11 is 0. The molecule has 19 heavy (non-hydrogen) atoms. The van der Waals surface area contributed by atoms with E-state index < -0.39 is 0 Å². The quantitative estimate of drug-likeness (QED) is 0.856. The van der Waals surface area contributed by atoms with Gasteiger partial charge in [-0.15, -0.1) is 0 Å².